The van der Waals surface area contributed by atoms with Gasteiger partial charge >= 0.3 is 5.97 Å². The zero-order valence-electron chi connectivity index (χ0n) is 15.0. The molecule has 1 N–H and O–H groups in total. The molecule has 2 heterocycles. The SMILES string of the molecule is O=C(O)c1cccc(-n2c(/C=C/c3cccnc3F)nc3ccccc3c2=O)c1. The van der Waals surface area contributed by atoms with E-state index in [1.165, 1.54) is 35.0 Å². The highest BCUT2D eigenvalue weighted by molar-refractivity contribution is 5.88. The summed E-state index contributed by atoms with van der Waals surface area (Å²) in [4.78, 5) is 32.6. The Morgan fingerprint density at radius 3 is 2.66 bits per heavy atom. The summed E-state index contributed by atoms with van der Waals surface area (Å²) < 4.78 is 15.2. The summed E-state index contributed by atoms with van der Waals surface area (Å²) in [5.41, 5.74) is 0.745. The lowest BCUT2D eigenvalue weighted by molar-refractivity contribution is 0.0697. The Kier molecular flexibility index (Phi) is 4.70. The number of hydrogen-bond donors (Lipinski definition) is 1. The van der Waals surface area contributed by atoms with Crippen molar-refractivity contribution in [2.75, 3.05) is 0 Å². The smallest absolute Gasteiger partial charge is 0.335 e. The second kappa shape index (κ2) is 7.47. The van der Waals surface area contributed by atoms with Crippen LogP contribution in [0, 0.1) is 5.95 Å². The quantitative estimate of drug-likeness (QED) is 0.539. The van der Waals surface area contributed by atoms with Gasteiger partial charge in [0.25, 0.3) is 5.56 Å². The summed E-state index contributed by atoms with van der Waals surface area (Å²) in [5, 5.41) is 9.67. The molecule has 6 nitrogen and oxygen atoms in total. The Hall–Kier alpha value is -4.13. The molecule has 0 atom stereocenters. The maximum Gasteiger partial charge on any atom is 0.335 e. The lowest BCUT2D eigenvalue weighted by atomic mass is 10.1. The van der Waals surface area contributed by atoms with Crippen LogP contribution in [0.1, 0.15) is 21.7 Å². The number of nitrogens with zero attached hydrogens (tertiary/aromatic N) is 3. The molecule has 4 rings (SSSR count). The van der Waals surface area contributed by atoms with E-state index >= 15 is 0 Å². The fourth-order valence-electron chi connectivity index (χ4n) is 2.98. The van der Waals surface area contributed by atoms with Gasteiger partial charge < -0.3 is 5.11 Å². The second-order valence-corrected chi connectivity index (χ2v) is 6.20. The van der Waals surface area contributed by atoms with Crippen molar-refractivity contribution in [1.82, 2.24) is 14.5 Å². The molecule has 0 radical (unpaired) electrons. The van der Waals surface area contributed by atoms with E-state index in [0.29, 0.717) is 16.6 Å². The molecule has 0 amide bonds. The van der Waals surface area contributed by atoms with Crippen LogP contribution in [0.25, 0.3) is 28.7 Å². The number of rotatable bonds is 4. The molecule has 2 aromatic carbocycles. The summed E-state index contributed by atoms with van der Waals surface area (Å²) >= 11 is 0. The van der Waals surface area contributed by atoms with E-state index in [4.69, 9.17) is 0 Å². The molecule has 0 spiro atoms. The third-order valence-corrected chi connectivity index (χ3v) is 4.35. The summed E-state index contributed by atoms with van der Waals surface area (Å²) in [7, 11) is 0. The van der Waals surface area contributed by atoms with Crippen molar-refractivity contribution in [2.45, 2.75) is 0 Å². The van der Waals surface area contributed by atoms with E-state index in [2.05, 4.69) is 9.97 Å². The van der Waals surface area contributed by atoms with Gasteiger partial charge in [0.2, 0.25) is 5.95 Å². The zero-order valence-corrected chi connectivity index (χ0v) is 15.0. The fourth-order valence-corrected chi connectivity index (χ4v) is 2.98. The lowest BCUT2D eigenvalue weighted by Crippen LogP contribution is -2.22. The third kappa shape index (κ3) is 3.53. The van der Waals surface area contributed by atoms with E-state index in [1.54, 1.807) is 48.5 Å². The van der Waals surface area contributed by atoms with E-state index < -0.39 is 11.9 Å². The first-order valence-corrected chi connectivity index (χ1v) is 8.69. The molecule has 0 saturated heterocycles. The minimum Gasteiger partial charge on any atom is -0.478 e. The molecule has 0 saturated carbocycles. The molecule has 0 aliphatic heterocycles. The first kappa shape index (κ1) is 18.2. The Labute approximate surface area is 164 Å². The summed E-state index contributed by atoms with van der Waals surface area (Å²) in [6, 6.07) is 16.0. The number of carboxylic acids is 1. The van der Waals surface area contributed by atoms with Crippen molar-refractivity contribution >= 4 is 29.0 Å². The number of benzene rings is 2. The Morgan fingerprint density at radius 2 is 1.86 bits per heavy atom. The summed E-state index contributed by atoms with van der Waals surface area (Å²) in [5.74, 6) is -1.52. The first-order chi connectivity index (χ1) is 14.0. The molecule has 0 aliphatic carbocycles. The van der Waals surface area contributed by atoms with Crippen molar-refractivity contribution in [3.63, 3.8) is 0 Å². The van der Waals surface area contributed by atoms with Crippen molar-refractivity contribution in [1.29, 1.82) is 0 Å². The predicted octanol–water partition coefficient (Wildman–Crippen LogP) is 3.79. The molecular formula is C22H14FN3O3. The Balaban J connectivity index is 1.97. The van der Waals surface area contributed by atoms with Gasteiger partial charge in [-0.1, -0.05) is 18.2 Å². The fraction of sp³-hybridized carbons (Fsp3) is 0. The molecule has 0 unspecified atom stereocenters. The number of pyridine rings is 1. The van der Waals surface area contributed by atoms with Crippen molar-refractivity contribution in [2.24, 2.45) is 0 Å². The third-order valence-electron chi connectivity index (χ3n) is 4.35. The van der Waals surface area contributed by atoms with Gasteiger partial charge in [0.05, 0.1) is 22.2 Å². The Bertz CT molecular complexity index is 1330. The average molecular weight is 387 g/mol. The monoisotopic (exact) mass is 387 g/mol. The number of fused-ring (bicyclic) bond motifs is 1. The number of halogens is 1. The minimum atomic E-state index is -1.11. The molecule has 29 heavy (non-hydrogen) atoms. The topological polar surface area (TPSA) is 85.1 Å². The Morgan fingerprint density at radius 1 is 1.03 bits per heavy atom. The second-order valence-electron chi connectivity index (χ2n) is 6.20. The van der Waals surface area contributed by atoms with Gasteiger partial charge in [0.1, 0.15) is 5.82 Å². The highest BCUT2D eigenvalue weighted by Gasteiger charge is 2.13. The standard InChI is InChI=1S/C22H14FN3O3/c23-20-14(6-4-12-24-20)10-11-19-25-18-9-2-1-8-17(18)21(27)26(19)16-7-3-5-15(13-16)22(28)29/h1-13H,(H,28,29)/b11-10+. The van der Waals surface area contributed by atoms with E-state index in [-0.39, 0.29) is 22.5 Å². The van der Waals surface area contributed by atoms with Crippen LogP contribution in [0.15, 0.2) is 71.7 Å². The number of aromatic carboxylic acids is 1. The van der Waals surface area contributed by atoms with Crippen LogP contribution in [-0.4, -0.2) is 25.6 Å². The molecule has 2 aromatic heterocycles. The number of carboxylic acid groups (broad SMARTS) is 1. The van der Waals surface area contributed by atoms with Crippen LogP contribution in [0.5, 0.6) is 0 Å². The van der Waals surface area contributed by atoms with Crippen LogP contribution < -0.4 is 5.56 Å². The van der Waals surface area contributed by atoms with E-state index in [0.717, 1.165) is 0 Å². The number of hydrogen-bond acceptors (Lipinski definition) is 4. The molecule has 7 heteroatoms. The van der Waals surface area contributed by atoms with Crippen LogP contribution >= 0.6 is 0 Å². The molecule has 0 aliphatic rings. The van der Waals surface area contributed by atoms with Gasteiger partial charge in [-0.3, -0.25) is 9.36 Å². The largest absolute Gasteiger partial charge is 0.478 e. The minimum absolute atomic E-state index is 0.0378. The van der Waals surface area contributed by atoms with Crippen LogP contribution in [0.2, 0.25) is 0 Å². The van der Waals surface area contributed by atoms with Crippen molar-refractivity contribution in [3.8, 4) is 5.69 Å². The predicted molar refractivity (Wildman–Crippen MR) is 107 cm³/mol. The maximum atomic E-state index is 13.9. The molecule has 4 aromatic rings. The van der Waals surface area contributed by atoms with Crippen LogP contribution in [0.3, 0.4) is 0 Å². The van der Waals surface area contributed by atoms with Gasteiger partial charge in [-0.2, -0.15) is 4.39 Å². The van der Waals surface area contributed by atoms with Gasteiger partial charge in [0, 0.05) is 11.8 Å². The highest BCUT2D eigenvalue weighted by atomic mass is 19.1. The van der Waals surface area contributed by atoms with Crippen molar-refractivity contribution < 1.29 is 14.3 Å². The molecule has 0 fully saturated rings. The van der Waals surface area contributed by atoms with Gasteiger partial charge in [-0.25, -0.2) is 14.8 Å². The zero-order chi connectivity index (χ0) is 20.4. The van der Waals surface area contributed by atoms with Crippen molar-refractivity contribution in [3.05, 3.63) is 100 Å². The number of aromatic nitrogens is 3. The normalized spacial score (nSPS) is 11.2. The molecule has 0 bridgehead atoms. The first-order valence-electron chi connectivity index (χ1n) is 8.69. The lowest BCUT2D eigenvalue weighted by Gasteiger charge is -2.12. The molecule has 142 valence electrons. The van der Waals surface area contributed by atoms with E-state index in [9.17, 15) is 19.1 Å². The van der Waals surface area contributed by atoms with Gasteiger partial charge in [0.15, 0.2) is 0 Å². The van der Waals surface area contributed by atoms with E-state index in [1.807, 2.05) is 0 Å². The molecular weight excluding hydrogens is 373 g/mol. The number of para-hydroxylation sites is 1. The summed E-state index contributed by atoms with van der Waals surface area (Å²) in [6.07, 6.45) is 4.31. The summed E-state index contributed by atoms with van der Waals surface area (Å²) in [6.45, 7) is 0. The highest BCUT2D eigenvalue weighted by Crippen LogP contribution is 2.17. The van der Waals surface area contributed by atoms with Gasteiger partial charge in [-0.15, -0.1) is 0 Å². The maximum absolute atomic E-state index is 13.9. The number of carbonyl (C=O) groups is 1. The van der Waals surface area contributed by atoms with Gasteiger partial charge in [-0.05, 0) is 54.6 Å². The van der Waals surface area contributed by atoms with Crippen LogP contribution in [-0.2, 0) is 0 Å². The van der Waals surface area contributed by atoms with Crippen LogP contribution in [0.4, 0.5) is 4.39 Å². The average Bonchev–Trinajstić information content (AvgIpc) is 2.73.